The second kappa shape index (κ2) is 7.52. The number of aryl methyl sites for hydroxylation is 3. The van der Waals surface area contributed by atoms with Crippen LogP contribution in [0.15, 0.2) is 53.2 Å². The molecule has 0 aliphatic carbocycles. The average molecular weight is 394 g/mol. The number of aromatic amines is 1. The minimum atomic E-state index is -0.585. The Morgan fingerprint density at radius 1 is 1.14 bits per heavy atom. The summed E-state index contributed by atoms with van der Waals surface area (Å²) in [4.78, 5) is 14.5. The predicted octanol–water partition coefficient (Wildman–Crippen LogP) is 4.59. The summed E-state index contributed by atoms with van der Waals surface area (Å²) in [6.45, 7) is 2.12. The molecule has 0 radical (unpaired) electrons. The van der Waals surface area contributed by atoms with Gasteiger partial charge in [-0.2, -0.15) is 0 Å². The number of halogens is 1. The van der Waals surface area contributed by atoms with Crippen molar-refractivity contribution >= 4 is 28.4 Å². The Labute approximate surface area is 167 Å². The van der Waals surface area contributed by atoms with E-state index in [2.05, 4.69) is 41.5 Å². The summed E-state index contributed by atoms with van der Waals surface area (Å²) in [7, 11) is 0. The summed E-state index contributed by atoms with van der Waals surface area (Å²) in [5.74, 6) is 0.0355. The molecule has 0 saturated heterocycles. The quantitative estimate of drug-likeness (QED) is 0.502. The van der Waals surface area contributed by atoms with E-state index in [1.54, 1.807) is 6.07 Å². The smallest absolute Gasteiger partial charge is 0.270 e. The number of nitrogens with one attached hydrogen (secondary N) is 1. The van der Waals surface area contributed by atoms with Gasteiger partial charge in [0.05, 0.1) is 0 Å². The number of nitrogens with zero attached hydrogens (tertiary/aromatic N) is 1. The molecule has 0 bridgehead atoms. The van der Waals surface area contributed by atoms with E-state index >= 15 is 0 Å². The van der Waals surface area contributed by atoms with Crippen LogP contribution in [-0.2, 0) is 19.3 Å². The van der Waals surface area contributed by atoms with Crippen LogP contribution in [0.2, 0.25) is 5.02 Å². The molecule has 3 N–H and O–H groups in total. The first-order valence-corrected chi connectivity index (χ1v) is 9.47. The number of amides is 1. The molecule has 1 amide bonds. The zero-order valence-electron chi connectivity index (χ0n) is 15.5. The van der Waals surface area contributed by atoms with Gasteiger partial charge in [-0.3, -0.25) is 4.79 Å². The Hall–Kier alpha value is -3.05. The number of rotatable bonds is 6. The minimum Gasteiger partial charge on any atom is -0.364 e. The second-order valence-electron chi connectivity index (χ2n) is 6.98. The van der Waals surface area contributed by atoms with Crippen LogP contribution < -0.4 is 5.73 Å². The van der Waals surface area contributed by atoms with Crippen LogP contribution in [0.1, 0.15) is 38.5 Å². The first-order valence-electron chi connectivity index (χ1n) is 9.09. The van der Waals surface area contributed by atoms with E-state index in [1.165, 1.54) is 22.1 Å². The van der Waals surface area contributed by atoms with E-state index in [-0.39, 0.29) is 5.69 Å². The molecular formula is C22H20ClN3O2. The van der Waals surface area contributed by atoms with Gasteiger partial charge in [-0.25, -0.2) is 0 Å². The topological polar surface area (TPSA) is 84.9 Å². The highest BCUT2D eigenvalue weighted by molar-refractivity contribution is 6.31. The summed E-state index contributed by atoms with van der Waals surface area (Å²) >= 11 is 6.15. The van der Waals surface area contributed by atoms with Crippen molar-refractivity contribution in [3.05, 3.63) is 87.4 Å². The largest absolute Gasteiger partial charge is 0.364 e. The standard InChI is InChI=1S/C22H20ClN3O2/c1-13-2-3-14(9-18-11-21(22(24)27)26-28-18)8-15(13)4-5-16-12-25-20-7-6-17(23)10-19(16)20/h2-3,6-8,10-12,25H,4-5,9H2,1H3,(H2,24,27). The number of hydrogen-bond donors (Lipinski definition) is 2. The van der Waals surface area contributed by atoms with E-state index in [1.807, 2.05) is 18.2 Å². The maximum absolute atomic E-state index is 11.2. The molecule has 142 valence electrons. The molecule has 0 atom stereocenters. The van der Waals surface area contributed by atoms with Crippen LogP contribution in [0, 0.1) is 6.92 Å². The monoisotopic (exact) mass is 393 g/mol. The van der Waals surface area contributed by atoms with Crippen molar-refractivity contribution in [1.29, 1.82) is 0 Å². The zero-order valence-corrected chi connectivity index (χ0v) is 16.2. The Kier molecular flexibility index (Phi) is 4.92. The van der Waals surface area contributed by atoms with Gasteiger partial charge in [-0.1, -0.05) is 35.0 Å². The number of benzene rings is 2. The van der Waals surface area contributed by atoms with Crippen molar-refractivity contribution in [3.8, 4) is 0 Å². The molecular weight excluding hydrogens is 374 g/mol. The fraction of sp³-hybridized carbons (Fsp3) is 0.182. The third-order valence-electron chi connectivity index (χ3n) is 5.00. The molecule has 2 aromatic heterocycles. The molecule has 0 aliphatic rings. The lowest BCUT2D eigenvalue weighted by Gasteiger charge is -2.08. The van der Waals surface area contributed by atoms with Crippen molar-refractivity contribution in [1.82, 2.24) is 10.1 Å². The van der Waals surface area contributed by atoms with E-state index in [0.29, 0.717) is 12.2 Å². The average Bonchev–Trinajstić information content (AvgIpc) is 3.29. The molecule has 6 heteroatoms. The number of carbonyl (C=O) groups is 1. The lowest BCUT2D eigenvalue weighted by atomic mass is 9.97. The number of aromatic nitrogens is 2. The van der Waals surface area contributed by atoms with Crippen LogP contribution in [-0.4, -0.2) is 16.0 Å². The van der Waals surface area contributed by atoms with Crippen LogP contribution >= 0.6 is 11.6 Å². The highest BCUT2D eigenvalue weighted by Crippen LogP contribution is 2.24. The van der Waals surface area contributed by atoms with Gasteiger partial charge >= 0.3 is 0 Å². The van der Waals surface area contributed by atoms with E-state index in [9.17, 15) is 4.79 Å². The number of hydrogen-bond acceptors (Lipinski definition) is 3. The fourth-order valence-corrected chi connectivity index (χ4v) is 3.62. The summed E-state index contributed by atoms with van der Waals surface area (Å²) in [5, 5.41) is 5.61. The van der Waals surface area contributed by atoms with Crippen molar-refractivity contribution in [2.75, 3.05) is 0 Å². The maximum Gasteiger partial charge on any atom is 0.270 e. The minimum absolute atomic E-state index is 0.153. The molecule has 5 nitrogen and oxygen atoms in total. The number of H-pyrrole nitrogens is 1. The highest BCUT2D eigenvalue weighted by atomic mass is 35.5. The Balaban J connectivity index is 1.51. The molecule has 0 fully saturated rings. The van der Waals surface area contributed by atoms with Crippen molar-refractivity contribution < 1.29 is 9.32 Å². The van der Waals surface area contributed by atoms with Crippen molar-refractivity contribution in [2.45, 2.75) is 26.2 Å². The molecule has 2 aromatic carbocycles. The molecule has 0 unspecified atom stereocenters. The molecule has 0 saturated carbocycles. The lowest BCUT2D eigenvalue weighted by molar-refractivity contribution is 0.0991. The molecule has 4 aromatic rings. The summed E-state index contributed by atoms with van der Waals surface area (Å²) < 4.78 is 5.21. The number of nitrogens with two attached hydrogens (primary N) is 1. The van der Waals surface area contributed by atoms with E-state index < -0.39 is 5.91 Å². The van der Waals surface area contributed by atoms with Crippen molar-refractivity contribution in [3.63, 3.8) is 0 Å². The third kappa shape index (κ3) is 3.80. The second-order valence-corrected chi connectivity index (χ2v) is 7.42. The number of carbonyl (C=O) groups excluding carboxylic acids is 1. The summed E-state index contributed by atoms with van der Waals surface area (Å²) in [5.41, 5.74) is 11.4. The first kappa shape index (κ1) is 18.3. The maximum atomic E-state index is 11.2. The molecule has 28 heavy (non-hydrogen) atoms. The summed E-state index contributed by atoms with van der Waals surface area (Å²) in [6.07, 6.45) is 4.46. The predicted molar refractivity (Wildman–Crippen MR) is 110 cm³/mol. The van der Waals surface area contributed by atoms with Crippen LogP contribution in [0.25, 0.3) is 10.9 Å². The SMILES string of the molecule is Cc1ccc(Cc2cc(C(N)=O)no2)cc1CCc1c[nH]c2ccc(Cl)cc12. The Bertz CT molecular complexity index is 1160. The van der Waals surface area contributed by atoms with Crippen molar-refractivity contribution in [2.24, 2.45) is 5.73 Å². The van der Waals surface area contributed by atoms with Crippen LogP contribution in [0.3, 0.4) is 0 Å². The molecule has 0 spiro atoms. The van der Waals surface area contributed by atoms with Crippen LogP contribution in [0.5, 0.6) is 0 Å². The molecule has 0 aliphatic heterocycles. The number of fused-ring (bicyclic) bond motifs is 1. The van der Waals surface area contributed by atoms with Gasteiger partial charge in [-0.05, 0) is 60.2 Å². The normalized spacial score (nSPS) is 11.2. The van der Waals surface area contributed by atoms with Gasteiger partial charge in [-0.15, -0.1) is 0 Å². The third-order valence-corrected chi connectivity index (χ3v) is 5.23. The van der Waals surface area contributed by atoms with Gasteiger partial charge < -0.3 is 15.2 Å². The summed E-state index contributed by atoms with van der Waals surface area (Å²) in [6, 6.07) is 13.9. The Morgan fingerprint density at radius 3 is 2.75 bits per heavy atom. The van der Waals surface area contributed by atoms with Gasteiger partial charge in [0.2, 0.25) is 0 Å². The van der Waals surface area contributed by atoms with Gasteiger partial charge in [0.25, 0.3) is 5.91 Å². The Morgan fingerprint density at radius 2 is 1.96 bits per heavy atom. The van der Waals surface area contributed by atoms with E-state index in [0.717, 1.165) is 28.9 Å². The number of primary amides is 1. The van der Waals surface area contributed by atoms with Gasteiger partial charge in [0, 0.05) is 34.6 Å². The fourth-order valence-electron chi connectivity index (χ4n) is 3.44. The lowest BCUT2D eigenvalue weighted by Crippen LogP contribution is -2.10. The van der Waals surface area contributed by atoms with Crippen LogP contribution in [0.4, 0.5) is 0 Å². The highest BCUT2D eigenvalue weighted by Gasteiger charge is 2.11. The first-order chi connectivity index (χ1) is 13.5. The van der Waals surface area contributed by atoms with Gasteiger partial charge in [0.15, 0.2) is 5.69 Å². The van der Waals surface area contributed by atoms with Gasteiger partial charge in [0.1, 0.15) is 5.76 Å². The zero-order chi connectivity index (χ0) is 19.7. The molecule has 2 heterocycles. The molecule has 4 rings (SSSR count). The van der Waals surface area contributed by atoms with E-state index in [4.69, 9.17) is 21.9 Å².